The Morgan fingerprint density at radius 3 is 2.89 bits per heavy atom. The summed E-state index contributed by atoms with van der Waals surface area (Å²) in [5.41, 5.74) is 2.24. The van der Waals surface area contributed by atoms with Gasteiger partial charge in [-0.2, -0.15) is 10.4 Å². The minimum absolute atomic E-state index is 0.157. The summed E-state index contributed by atoms with van der Waals surface area (Å²) in [6, 6.07) is 4.83. The molecule has 1 aliphatic carbocycles. The highest BCUT2D eigenvalue weighted by Crippen LogP contribution is 2.41. The van der Waals surface area contributed by atoms with Crippen molar-refractivity contribution in [2.24, 2.45) is 11.3 Å². The van der Waals surface area contributed by atoms with E-state index in [0.29, 0.717) is 5.92 Å². The number of nitrogens with zero attached hydrogens (tertiary/aromatic N) is 3. The highest BCUT2D eigenvalue weighted by atomic mass is 15.3. The molecule has 3 heteroatoms. The molecule has 0 aliphatic heterocycles. The highest BCUT2D eigenvalue weighted by Gasteiger charge is 2.36. The molecule has 0 radical (unpaired) electrons. The summed E-state index contributed by atoms with van der Waals surface area (Å²) in [6.45, 7) is 7.43. The molecule has 1 heterocycles. The van der Waals surface area contributed by atoms with E-state index < -0.39 is 0 Å². The summed E-state index contributed by atoms with van der Waals surface area (Å²) >= 11 is 0. The van der Waals surface area contributed by atoms with Gasteiger partial charge in [-0.05, 0) is 38.2 Å². The molecule has 2 atom stereocenters. The van der Waals surface area contributed by atoms with Crippen molar-refractivity contribution in [1.29, 1.82) is 5.26 Å². The largest absolute Gasteiger partial charge is 0.270 e. The number of aromatic nitrogens is 2. The maximum atomic E-state index is 9.67. The molecule has 19 heavy (non-hydrogen) atoms. The predicted molar refractivity (Wildman–Crippen MR) is 76.7 cm³/mol. The lowest BCUT2D eigenvalue weighted by Gasteiger charge is -2.34. The van der Waals surface area contributed by atoms with Gasteiger partial charge in [-0.1, -0.05) is 26.7 Å². The molecule has 1 aromatic rings. The van der Waals surface area contributed by atoms with Crippen LogP contribution < -0.4 is 0 Å². The quantitative estimate of drug-likeness (QED) is 0.826. The first-order valence-corrected chi connectivity index (χ1v) is 7.59. The molecule has 0 spiro atoms. The Hall–Kier alpha value is -1.30. The zero-order valence-electron chi connectivity index (χ0n) is 12.4. The lowest BCUT2D eigenvalue weighted by Crippen LogP contribution is -2.29. The Labute approximate surface area is 116 Å². The van der Waals surface area contributed by atoms with Crippen LogP contribution in [0.3, 0.4) is 0 Å². The SMILES string of the molecule is CCc1cc(CC2(C#N)CCCC(C)C2)n(CC)n1. The third-order valence-corrected chi connectivity index (χ3v) is 4.42. The van der Waals surface area contributed by atoms with Crippen molar-refractivity contribution < 1.29 is 0 Å². The molecule has 3 nitrogen and oxygen atoms in total. The summed E-state index contributed by atoms with van der Waals surface area (Å²) in [4.78, 5) is 0. The van der Waals surface area contributed by atoms with Crippen LogP contribution in [0, 0.1) is 22.7 Å². The van der Waals surface area contributed by atoms with E-state index in [-0.39, 0.29) is 5.41 Å². The van der Waals surface area contributed by atoms with Crippen molar-refractivity contribution in [3.63, 3.8) is 0 Å². The molecule has 1 aromatic heterocycles. The maximum absolute atomic E-state index is 9.67. The van der Waals surface area contributed by atoms with E-state index in [9.17, 15) is 5.26 Å². The van der Waals surface area contributed by atoms with E-state index in [4.69, 9.17) is 0 Å². The minimum Gasteiger partial charge on any atom is -0.270 e. The molecular weight excluding hydrogens is 234 g/mol. The molecular formula is C16H25N3. The summed E-state index contributed by atoms with van der Waals surface area (Å²) < 4.78 is 2.08. The maximum Gasteiger partial charge on any atom is 0.0693 e. The smallest absolute Gasteiger partial charge is 0.0693 e. The first kappa shape index (κ1) is 14.1. The Morgan fingerprint density at radius 1 is 1.53 bits per heavy atom. The fourth-order valence-corrected chi connectivity index (χ4v) is 3.41. The van der Waals surface area contributed by atoms with Gasteiger partial charge in [0, 0.05) is 18.7 Å². The molecule has 0 amide bonds. The van der Waals surface area contributed by atoms with Gasteiger partial charge in [0.05, 0.1) is 17.2 Å². The second-order valence-corrected chi connectivity index (χ2v) is 6.07. The summed E-state index contributed by atoms with van der Waals surface area (Å²) in [6.07, 6.45) is 6.39. The summed E-state index contributed by atoms with van der Waals surface area (Å²) in [7, 11) is 0. The van der Waals surface area contributed by atoms with Gasteiger partial charge in [0.2, 0.25) is 0 Å². The van der Waals surface area contributed by atoms with E-state index in [1.165, 1.54) is 18.5 Å². The van der Waals surface area contributed by atoms with Gasteiger partial charge in [-0.15, -0.1) is 0 Å². The molecule has 0 N–H and O–H groups in total. The number of nitriles is 1. The van der Waals surface area contributed by atoms with Crippen molar-refractivity contribution >= 4 is 0 Å². The molecule has 0 aromatic carbocycles. The predicted octanol–water partition coefficient (Wildman–Crippen LogP) is 3.73. The van der Waals surface area contributed by atoms with Gasteiger partial charge < -0.3 is 0 Å². The van der Waals surface area contributed by atoms with Gasteiger partial charge in [-0.25, -0.2) is 0 Å². The van der Waals surface area contributed by atoms with Crippen LogP contribution in [-0.4, -0.2) is 9.78 Å². The van der Waals surface area contributed by atoms with E-state index >= 15 is 0 Å². The van der Waals surface area contributed by atoms with Crippen molar-refractivity contribution in [3.8, 4) is 6.07 Å². The van der Waals surface area contributed by atoms with E-state index in [1.54, 1.807) is 0 Å². The lowest BCUT2D eigenvalue weighted by molar-refractivity contribution is 0.206. The third-order valence-electron chi connectivity index (χ3n) is 4.42. The second-order valence-electron chi connectivity index (χ2n) is 6.07. The Morgan fingerprint density at radius 2 is 2.32 bits per heavy atom. The van der Waals surface area contributed by atoms with E-state index in [2.05, 4.69) is 42.7 Å². The van der Waals surface area contributed by atoms with Crippen LogP contribution in [0.15, 0.2) is 6.07 Å². The van der Waals surface area contributed by atoms with Gasteiger partial charge >= 0.3 is 0 Å². The van der Waals surface area contributed by atoms with E-state index in [1.807, 2.05) is 0 Å². The van der Waals surface area contributed by atoms with Crippen molar-refractivity contribution in [2.45, 2.75) is 65.8 Å². The van der Waals surface area contributed by atoms with Gasteiger partial charge in [0.1, 0.15) is 0 Å². The molecule has 1 fully saturated rings. The fraction of sp³-hybridized carbons (Fsp3) is 0.750. The van der Waals surface area contributed by atoms with Gasteiger partial charge in [-0.3, -0.25) is 4.68 Å². The van der Waals surface area contributed by atoms with Crippen LogP contribution in [0.5, 0.6) is 0 Å². The van der Waals surface area contributed by atoms with Gasteiger partial charge in [0.15, 0.2) is 0 Å². The highest BCUT2D eigenvalue weighted by molar-refractivity contribution is 5.16. The molecule has 0 saturated heterocycles. The monoisotopic (exact) mass is 259 g/mol. The molecule has 2 rings (SSSR count). The van der Waals surface area contributed by atoms with Crippen molar-refractivity contribution in [3.05, 3.63) is 17.5 Å². The minimum atomic E-state index is -0.157. The van der Waals surface area contributed by atoms with Gasteiger partial charge in [0.25, 0.3) is 0 Å². The first-order chi connectivity index (χ1) is 9.12. The molecule has 104 valence electrons. The average Bonchev–Trinajstić information content (AvgIpc) is 2.80. The lowest BCUT2D eigenvalue weighted by atomic mass is 9.68. The summed E-state index contributed by atoms with van der Waals surface area (Å²) in [5.74, 6) is 0.678. The molecule has 1 aliphatic rings. The van der Waals surface area contributed by atoms with Crippen LogP contribution in [0.1, 0.15) is 57.8 Å². The number of hydrogen-bond acceptors (Lipinski definition) is 2. The standard InChI is InChI=1S/C16H25N3/c1-4-14-9-15(19(5-2)18-14)11-16(12-17)8-6-7-13(3)10-16/h9,13H,4-8,10-11H2,1-3H3. The molecule has 0 bridgehead atoms. The topological polar surface area (TPSA) is 41.6 Å². The van der Waals surface area contributed by atoms with Crippen LogP contribution >= 0.6 is 0 Å². The number of hydrogen-bond donors (Lipinski definition) is 0. The normalized spacial score (nSPS) is 27.2. The Kier molecular flexibility index (Phi) is 4.29. The van der Waals surface area contributed by atoms with Crippen LogP contribution in [0.25, 0.3) is 0 Å². The third kappa shape index (κ3) is 3.00. The van der Waals surface area contributed by atoms with E-state index in [0.717, 1.165) is 37.9 Å². The number of aryl methyl sites for hydroxylation is 2. The average molecular weight is 259 g/mol. The zero-order valence-corrected chi connectivity index (χ0v) is 12.4. The Balaban J connectivity index is 2.23. The first-order valence-electron chi connectivity index (χ1n) is 7.59. The zero-order chi connectivity index (χ0) is 13.9. The van der Waals surface area contributed by atoms with Crippen molar-refractivity contribution in [2.75, 3.05) is 0 Å². The Bertz CT molecular complexity index is 469. The van der Waals surface area contributed by atoms with Crippen molar-refractivity contribution in [1.82, 2.24) is 9.78 Å². The van der Waals surface area contributed by atoms with Crippen LogP contribution in [-0.2, 0) is 19.4 Å². The van der Waals surface area contributed by atoms with Crippen LogP contribution in [0.2, 0.25) is 0 Å². The number of rotatable bonds is 4. The fourth-order valence-electron chi connectivity index (χ4n) is 3.41. The molecule has 2 unspecified atom stereocenters. The summed E-state index contributed by atoms with van der Waals surface area (Å²) in [5, 5.41) is 14.3. The second kappa shape index (κ2) is 5.77. The van der Waals surface area contributed by atoms with Crippen LogP contribution in [0.4, 0.5) is 0 Å². The molecule has 1 saturated carbocycles.